The molecule has 1 N–H and O–H groups in total. The molecule has 2 aliphatic rings. The molecule has 0 saturated carbocycles. The van der Waals surface area contributed by atoms with E-state index in [9.17, 15) is 9.90 Å². The van der Waals surface area contributed by atoms with E-state index in [4.69, 9.17) is 0 Å². The molecular formula is C16H24N4O2. The Labute approximate surface area is 131 Å². The number of amides is 1. The number of aromatic nitrogens is 2. The van der Waals surface area contributed by atoms with E-state index in [1.807, 2.05) is 4.90 Å². The van der Waals surface area contributed by atoms with Crippen LogP contribution < -0.4 is 4.90 Å². The van der Waals surface area contributed by atoms with Gasteiger partial charge in [0.1, 0.15) is 0 Å². The van der Waals surface area contributed by atoms with E-state index in [1.165, 1.54) is 12.4 Å². The van der Waals surface area contributed by atoms with Gasteiger partial charge in [-0.1, -0.05) is 0 Å². The maximum atomic E-state index is 12.9. The van der Waals surface area contributed by atoms with E-state index < -0.39 is 0 Å². The maximum Gasteiger partial charge on any atom is 0.229 e. The zero-order chi connectivity index (χ0) is 16.0. The minimum absolute atomic E-state index is 0.0732. The van der Waals surface area contributed by atoms with Crippen molar-refractivity contribution in [2.24, 2.45) is 5.41 Å². The van der Waals surface area contributed by atoms with Gasteiger partial charge < -0.3 is 14.9 Å². The molecule has 0 aliphatic carbocycles. The van der Waals surface area contributed by atoms with Gasteiger partial charge in [-0.3, -0.25) is 4.79 Å². The van der Waals surface area contributed by atoms with Crippen LogP contribution in [0.4, 0.5) is 5.95 Å². The summed E-state index contributed by atoms with van der Waals surface area (Å²) in [5, 5.41) is 9.27. The second-order valence-electron chi connectivity index (χ2n) is 7.39. The quantitative estimate of drug-likeness (QED) is 0.857. The van der Waals surface area contributed by atoms with Gasteiger partial charge in [0.15, 0.2) is 5.75 Å². The van der Waals surface area contributed by atoms with Crippen LogP contribution in [0.3, 0.4) is 0 Å². The van der Waals surface area contributed by atoms with Crippen molar-refractivity contribution in [1.82, 2.24) is 14.9 Å². The molecule has 2 fully saturated rings. The average molecular weight is 304 g/mol. The van der Waals surface area contributed by atoms with E-state index in [1.54, 1.807) is 0 Å². The Hall–Kier alpha value is -1.85. The number of carbonyl (C=O) groups is 1. The lowest BCUT2D eigenvalue weighted by atomic mass is 9.77. The first-order chi connectivity index (χ1) is 10.3. The Morgan fingerprint density at radius 3 is 2.14 bits per heavy atom. The van der Waals surface area contributed by atoms with Crippen molar-refractivity contribution in [3.05, 3.63) is 12.4 Å². The molecule has 0 unspecified atom stereocenters. The van der Waals surface area contributed by atoms with E-state index >= 15 is 0 Å². The summed E-state index contributed by atoms with van der Waals surface area (Å²) in [5.41, 5.74) is -0.293. The SMILES string of the molecule is CC(C)(C)N1CCC2(CCN(c3ncc(O)cn3)CC2)C1=O. The highest BCUT2D eigenvalue weighted by atomic mass is 16.3. The van der Waals surface area contributed by atoms with Crippen LogP contribution in [0.1, 0.15) is 40.0 Å². The number of piperidine rings is 1. The fourth-order valence-corrected chi connectivity index (χ4v) is 3.54. The summed E-state index contributed by atoms with van der Waals surface area (Å²) in [6.07, 6.45) is 5.47. The zero-order valence-electron chi connectivity index (χ0n) is 13.5. The van der Waals surface area contributed by atoms with Crippen LogP contribution in [-0.2, 0) is 4.79 Å². The highest BCUT2D eigenvalue weighted by molar-refractivity contribution is 5.85. The fourth-order valence-electron chi connectivity index (χ4n) is 3.54. The van der Waals surface area contributed by atoms with Gasteiger partial charge in [-0.25, -0.2) is 9.97 Å². The topological polar surface area (TPSA) is 69.6 Å². The molecule has 120 valence electrons. The Kier molecular flexibility index (Phi) is 3.50. The number of likely N-dealkylation sites (tertiary alicyclic amines) is 1. The van der Waals surface area contributed by atoms with E-state index in [0.29, 0.717) is 11.9 Å². The van der Waals surface area contributed by atoms with Crippen LogP contribution in [-0.4, -0.2) is 51.1 Å². The fraction of sp³-hybridized carbons (Fsp3) is 0.688. The van der Waals surface area contributed by atoms with Crippen molar-refractivity contribution in [3.63, 3.8) is 0 Å². The summed E-state index contributed by atoms with van der Waals surface area (Å²) in [7, 11) is 0. The van der Waals surface area contributed by atoms with Crippen LogP contribution in [0.5, 0.6) is 5.75 Å². The number of hydrogen-bond donors (Lipinski definition) is 1. The van der Waals surface area contributed by atoms with Gasteiger partial charge in [-0.2, -0.15) is 0 Å². The minimum Gasteiger partial charge on any atom is -0.505 e. The summed E-state index contributed by atoms with van der Waals surface area (Å²) in [6, 6.07) is 0. The van der Waals surface area contributed by atoms with Gasteiger partial charge >= 0.3 is 0 Å². The zero-order valence-corrected chi connectivity index (χ0v) is 13.5. The lowest BCUT2D eigenvalue weighted by molar-refractivity contribution is -0.140. The molecule has 3 heterocycles. The molecule has 6 heteroatoms. The molecular weight excluding hydrogens is 280 g/mol. The van der Waals surface area contributed by atoms with Crippen molar-refractivity contribution in [1.29, 1.82) is 0 Å². The summed E-state index contributed by atoms with van der Waals surface area (Å²) in [6.45, 7) is 8.73. The number of hydrogen-bond acceptors (Lipinski definition) is 5. The van der Waals surface area contributed by atoms with Gasteiger partial charge in [-0.15, -0.1) is 0 Å². The number of carbonyl (C=O) groups excluding carboxylic acids is 1. The van der Waals surface area contributed by atoms with Crippen molar-refractivity contribution in [2.75, 3.05) is 24.5 Å². The van der Waals surface area contributed by atoms with Crippen molar-refractivity contribution in [2.45, 2.75) is 45.6 Å². The Bertz CT molecular complexity index is 557. The van der Waals surface area contributed by atoms with Crippen LogP contribution in [0.15, 0.2) is 12.4 Å². The minimum atomic E-state index is -0.194. The monoisotopic (exact) mass is 304 g/mol. The van der Waals surface area contributed by atoms with E-state index in [0.717, 1.165) is 38.9 Å². The standard InChI is InChI=1S/C16H24N4O2/c1-15(2,3)20-9-6-16(13(20)22)4-7-19(8-5-16)14-17-10-12(21)11-18-14/h10-11,21H,4-9H2,1-3H3. The van der Waals surface area contributed by atoms with Gasteiger partial charge in [0.05, 0.1) is 17.8 Å². The van der Waals surface area contributed by atoms with Crippen LogP contribution in [0.2, 0.25) is 0 Å². The highest BCUT2D eigenvalue weighted by Gasteiger charge is 2.50. The summed E-state index contributed by atoms with van der Waals surface area (Å²) < 4.78 is 0. The van der Waals surface area contributed by atoms with Gasteiger partial charge in [0.2, 0.25) is 11.9 Å². The van der Waals surface area contributed by atoms with Crippen LogP contribution in [0.25, 0.3) is 0 Å². The second kappa shape index (κ2) is 5.11. The molecule has 22 heavy (non-hydrogen) atoms. The smallest absolute Gasteiger partial charge is 0.229 e. The summed E-state index contributed by atoms with van der Waals surface area (Å²) >= 11 is 0. The first-order valence-corrected chi connectivity index (χ1v) is 7.90. The highest BCUT2D eigenvalue weighted by Crippen LogP contribution is 2.44. The molecule has 0 aromatic carbocycles. The first kappa shape index (κ1) is 15.1. The Morgan fingerprint density at radius 2 is 1.64 bits per heavy atom. The number of nitrogens with zero attached hydrogens (tertiary/aromatic N) is 4. The van der Waals surface area contributed by atoms with Gasteiger partial charge in [0, 0.05) is 25.2 Å². The summed E-state index contributed by atoms with van der Waals surface area (Å²) in [5.74, 6) is 1.01. The number of rotatable bonds is 1. The van der Waals surface area contributed by atoms with Crippen molar-refractivity contribution >= 4 is 11.9 Å². The molecule has 1 aromatic rings. The van der Waals surface area contributed by atoms with E-state index in [-0.39, 0.29) is 16.7 Å². The average Bonchev–Trinajstić information content (AvgIpc) is 2.78. The normalized spacial score (nSPS) is 21.7. The number of aromatic hydroxyl groups is 1. The molecule has 2 saturated heterocycles. The molecule has 0 atom stereocenters. The molecule has 1 amide bonds. The van der Waals surface area contributed by atoms with E-state index in [2.05, 4.69) is 35.6 Å². The maximum absolute atomic E-state index is 12.9. The lowest BCUT2D eigenvalue weighted by Gasteiger charge is -2.39. The predicted octanol–water partition coefficient (Wildman–Crippen LogP) is 1.80. The van der Waals surface area contributed by atoms with Gasteiger partial charge in [0.25, 0.3) is 0 Å². The Balaban J connectivity index is 1.69. The molecule has 1 spiro atoms. The molecule has 2 aliphatic heterocycles. The largest absolute Gasteiger partial charge is 0.505 e. The lowest BCUT2D eigenvalue weighted by Crippen LogP contribution is -2.49. The molecule has 0 radical (unpaired) electrons. The van der Waals surface area contributed by atoms with Gasteiger partial charge in [-0.05, 0) is 40.0 Å². The van der Waals surface area contributed by atoms with Crippen LogP contribution in [0, 0.1) is 5.41 Å². The predicted molar refractivity (Wildman–Crippen MR) is 83.7 cm³/mol. The molecule has 6 nitrogen and oxygen atoms in total. The second-order valence-corrected chi connectivity index (χ2v) is 7.39. The molecule has 0 bridgehead atoms. The molecule has 3 rings (SSSR count). The Morgan fingerprint density at radius 1 is 1.09 bits per heavy atom. The van der Waals surface area contributed by atoms with Crippen molar-refractivity contribution < 1.29 is 9.90 Å². The first-order valence-electron chi connectivity index (χ1n) is 7.90. The third-order valence-electron chi connectivity index (χ3n) is 4.95. The van der Waals surface area contributed by atoms with Crippen LogP contribution >= 0.6 is 0 Å². The third-order valence-corrected chi connectivity index (χ3v) is 4.95. The summed E-state index contributed by atoms with van der Waals surface area (Å²) in [4.78, 5) is 25.3. The van der Waals surface area contributed by atoms with Crippen molar-refractivity contribution in [3.8, 4) is 5.75 Å². The third kappa shape index (κ3) is 2.51. The molecule has 1 aromatic heterocycles. The number of anilines is 1.